The van der Waals surface area contributed by atoms with Crippen molar-refractivity contribution >= 4 is 46.0 Å². The van der Waals surface area contributed by atoms with Crippen LogP contribution < -0.4 is 4.74 Å². The Morgan fingerprint density at radius 2 is 1.55 bits per heavy atom. The molecule has 1 saturated heterocycles. The maximum atomic E-state index is 12.7. The number of hydrogen-bond donors (Lipinski definition) is 0. The van der Waals surface area contributed by atoms with E-state index in [2.05, 4.69) is 0 Å². The van der Waals surface area contributed by atoms with Gasteiger partial charge in [-0.25, -0.2) is 0 Å². The van der Waals surface area contributed by atoms with Crippen LogP contribution in [0.4, 0.5) is 0 Å². The number of halogens is 2. The molecule has 3 aromatic rings. The van der Waals surface area contributed by atoms with E-state index in [-0.39, 0.29) is 24.2 Å². The second-order valence-electron chi connectivity index (χ2n) is 6.71. The van der Waals surface area contributed by atoms with Crippen molar-refractivity contribution < 1.29 is 18.7 Å². The molecule has 0 unspecified atom stereocenters. The smallest absolute Gasteiger partial charge is 0.289 e. The molecule has 1 aromatic heterocycles. The van der Waals surface area contributed by atoms with Crippen molar-refractivity contribution in [2.45, 2.75) is 0 Å². The Hall–Kier alpha value is -2.70. The Morgan fingerprint density at radius 1 is 0.897 bits per heavy atom. The van der Waals surface area contributed by atoms with Crippen LogP contribution in [0.25, 0.3) is 11.0 Å². The standard InChI is InChI=1S/C21H18Cl2N2O4/c22-15-1-4-17(5-2-15)28-13-20(26)24-7-9-25(10-8-24)21(27)19-12-14-11-16(23)3-6-18(14)29-19/h1-6,11-12H,7-10,13H2. The van der Waals surface area contributed by atoms with Gasteiger partial charge in [0.15, 0.2) is 12.4 Å². The molecule has 2 amide bonds. The summed E-state index contributed by atoms with van der Waals surface area (Å²) in [6.45, 7) is 1.70. The van der Waals surface area contributed by atoms with Crippen LogP contribution in [-0.2, 0) is 4.79 Å². The first-order chi connectivity index (χ1) is 14.0. The van der Waals surface area contributed by atoms with Gasteiger partial charge in [-0.2, -0.15) is 0 Å². The Bertz CT molecular complexity index is 1040. The third kappa shape index (κ3) is 4.49. The highest BCUT2D eigenvalue weighted by molar-refractivity contribution is 6.31. The van der Waals surface area contributed by atoms with E-state index in [0.717, 1.165) is 5.39 Å². The SMILES string of the molecule is O=C(COc1ccc(Cl)cc1)N1CCN(C(=O)c2cc3cc(Cl)ccc3o2)CC1. The highest BCUT2D eigenvalue weighted by Crippen LogP contribution is 2.24. The zero-order valence-electron chi connectivity index (χ0n) is 15.4. The molecule has 8 heteroatoms. The van der Waals surface area contributed by atoms with E-state index in [1.807, 2.05) is 0 Å². The van der Waals surface area contributed by atoms with Gasteiger partial charge >= 0.3 is 0 Å². The van der Waals surface area contributed by atoms with Crippen molar-refractivity contribution in [1.29, 1.82) is 0 Å². The van der Waals surface area contributed by atoms with Crippen molar-refractivity contribution in [2.24, 2.45) is 0 Å². The van der Waals surface area contributed by atoms with Crippen LogP contribution in [0, 0.1) is 0 Å². The third-order valence-corrected chi connectivity index (χ3v) is 5.27. The van der Waals surface area contributed by atoms with Gasteiger partial charge in [-0.05, 0) is 48.5 Å². The van der Waals surface area contributed by atoms with Crippen LogP contribution in [0.5, 0.6) is 5.75 Å². The van der Waals surface area contributed by atoms with Gasteiger partial charge < -0.3 is 19.0 Å². The summed E-state index contributed by atoms with van der Waals surface area (Å²) in [5.41, 5.74) is 0.617. The van der Waals surface area contributed by atoms with Crippen molar-refractivity contribution in [3.8, 4) is 5.75 Å². The number of piperazine rings is 1. The summed E-state index contributed by atoms with van der Waals surface area (Å²) in [4.78, 5) is 28.5. The number of amides is 2. The molecular weight excluding hydrogens is 415 g/mol. The van der Waals surface area contributed by atoms with Gasteiger partial charge in [0.2, 0.25) is 0 Å². The van der Waals surface area contributed by atoms with E-state index in [4.69, 9.17) is 32.4 Å². The third-order valence-electron chi connectivity index (χ3n) is 4.78. The van der Waals surface area contributed by atoms with Crippen LogP contribution in [0.1, 0.15) is 10.6 Å². The molecule has 0 N–H and O–H groups in total. The lowest BCUT2D eigenvalue weighted by Gasteiger charge is -2.34. The lowest BCUT2D eigenvalue weighted by Crippen LogP contribution is -2.51. The molecule has 0 atom stereocenters. The van der Waals surface area contributed by atoms with E-state index >= 15 is 0 Å². The molecule has 150 valence electrons. The van der Waals surface area contributed by atoms with Crippen LogP contribution in [0.15, 0.2) is 52.9 Å². The topological polar surface area (TPSA) is 63.0 Å². The summed E-state index contributed by atoms with van der Waals surface area (Å²) in [7, 11) is 0. The number of nitrogens with zero attached hydrogens (tertiary/aromatic N) is 2. The summed E-state index contributed by atoms with van der Waals surface area (Å²) in [6.07, 6.45) is 0. The Morgan fingerprint density at radius 3 is 2.28 bits per heavy atom. The quantitative estimate of drug-likeness (QED) is 0.622. The highest BCUT2D eigenvalue weighted by Gasteiger charge is 2.26. The number of benzene rings is 2. The van der Waals surface area contributed by atoms with E-state index in [0.29, 0.717) is 47.6 Å². The number of fused-ring (bicyclic) bond motifs is 1. The van der Waals surface area contributed by atoms with Crippen molar-refractivity contribution in [3.05, 3.63) is 64.3 Å². The predicted molar refractivity (Wildman–Crippen MR) is 111 cm³/mol. The minimum absolute atomic E-state index is 0.0556. The lowest BCUT2D eigenvalue weighted by atomic mass is 10.2. The molecule has 2 aromatic carbocycles. The van der Waals surface area contributed by atoms with E-state index in [9.17, 15) is 9.59 Å². The summed E-state index contributed by atoms with van der Waals surface area (Å²) >= 11 is 11.8. The van der Waals surface area contributed by atoms with Gasteiger partial charge in [-0.1, -0.05) is 23.2 Å². The zero-order valence-corrected chi connectivity index (χ0v) is 16.9. The molecule has 2 heterocycles. The molecule has 4 rings (SSSR count). The molecule has 6 nitrogen and oxygen atoms in total. The van der Waals surface area contributed by atoms with Crippen LogP contribution in [-0.4, -0.2) is 54.4 Å². The normalized spacial score (nSPS) is 14.3. The van der Waals surface area contributed by atoms with Crippen LogP contribution in [0.3, 0.4) is 0 Å². The number of carbonyl (C=O) groups is 2. The fourth-order valence-electron chi connectivity index (χ4n) is 3.20. The first-order valence-electron chi connectivity index (χ1n) is 9.14. The fourth-order valence-corrected chi connectivity index (χ4v) is 3.51. The number of hydrogen-bond acceptors (Lipinski definition) is 4. The average molecular weight is 433 g/mol. The fraction of sp³-hybridized carbons (Fsp3) is 0.238. The first-order valence-corrected chi connectivity index (χ1v) is 9.90. The molecule has 1 aliphatic heterocycles. The molecule has 0 saturated carbocycles. The van der Waals surface area contributed by atoms with E-state index in [1.54, 1.807) is 58.3 Å². The number of rotatable bonds is 4. The van der Waals surface area contributed by atoms with E-state index in [1.165, 1.54) is 0 Å². The first kappa shape index (κ1) is 19.6. The van der Waals surface area contributed by atoms with Gasteiger partial charge in [-0.15, -0.1) is 0 Å². The largest absolute Gasteiger partial charge is 0.484 e. The monoisotopic (exact) mass is 432 g/mol. The summed E-state index contributed by atoms with van der Waals surface area (Å²) < 4.78 is 11.2. The molecule has 1 aliphatic rings. The molecular formula is C21H18Cl2N2O4. The zero-order chi connectivity index (χ0) is 20.4. The van der Waals surface area contributed by atoms with Crippen molar-refractivity contribution in [2.75, 3.05) is 32.8 Å². The van der Waals surface area contributed by atoms with Gasteiger partial charge in [-0.3, -0.25) is 9.59 Å². The van der Waals surface area contributed by atoms with E-state index < -0.39 is 0 Å². The van der Waals surface area contributed by atoms with Gasteiger partial charge in [0.25, 0.3) is 11.8 Å². The van der Waals surface area contributed by atoms with Gasteiger partial charge in [0.1, 0.15) is 11.3 Å². The second-order valence-corrected chi connectivity index (χ2v) is 7.58. The molecule has 0 radical (unpaired) electrons. The minimum atomic E-state index is -0.193. The van der Waals surface area contributed by atoms with Crippen LogP contribution >= 0.6 is 23.2 Å². The van der Waals surface area contributed by atoms with Crippen molar-refractivity contribution in [1.82, 2.24) is 9.80 Å². The van der Waals surface area contributed by atoms with Crippen LogP contribution in [0.2, 0.25) is 10.0 Å². The van der Waals surface area contributed by atoms with Gasteiger partial charge in [0.05, 0.1) is 0 Å². The van der Waals surface area contributed by atoms with Crippen molar-refractivity contribution in [3.63, 3.8) is 0 Å². The Balaban J connectivity index is 1.31. The molecule has 0 aliphatic carbocycles. The maximum Gasteiger partial charge on any atom is 0.289 e. The molecule has 0 spiro atoms. The average Bonchev–Trinajstić information content (AvgIpc) is 3.16. The number of furan rings is 1. The summed E-state index contributed by atoms with van der Waals surface area (Å²) in [5, 5.41) is 1.98. The minimum Gasteiger partial charge on any atom is -0.484 e. The summed E-state index contributed by atoms with van der Waals surface area (Å²) in [6, 6.07) is 13.8. The highest BCUT2D eigenvalue weighted by atomic mass is 35.5. The maximum absolute atomic E-state index is 12.7. The lowest BCUT2D eigenvalue weighted by molar-refractivity contribution is -0.134. The number of carbonyl (C=O) groups excluding carboxylic acids is 2. The number of ether oxygens (including phenoxy) is 1. The molecule has 0 bridgehead atoms. The molecule has 1 fully saturated rings. The Kier molecular flexibility index (Phi) is 5.65. The predicted octanol–water partition coefficient (Wildman–Crippen LogP) is 4.10. The summed E-state index contributed by atoms with van der Waals surface area (Å²) in [5.74, 6) is 0.543. The van der Waals surface area contributed by atoms with Gasteiger partial charge in [0, 0.05) is 41.6 Å². The molecule has 29 heavy (non-hydrogen) atoms. The second kappa shape index (κ2) is 8.35. The Labute approximate surface area is 177 Å².